The molecule has 1 aromatic heterocycles. The summed E-state index contributed by atoms with van der Waals surface area (Å²) in [6.45, 7) is 5.30. The van der Waals surface area contributed by atoms with Crippen LogP contribution in [0, 0.1) is 0 Å². The Labute approximate surface area is 101 Å². The Kier molecular flexibility index (Phi) is 4.33. The van der Waals surface area contributed by atoms with Crippen LogP contribution in [0.3, 0.4) is 0 Å². The third-order valence-electron chi connectivity index (χ3n) is 2.99. The van der Waals surface area contributed by atoms with Gasteiger partial charge in [-0.25, -0.2) is 0 Å². The number of H-pyrrole nitrogens is 1. The van der Waals surface area contributed by atoms with E-state index in [0.717, 1.165) is 50.7 Å². The summed E-state index contributed by atoms with van der Waals surface area (Å²) in [5, 5.41) is 19.3. The molecule has 6 heteroatoms. The molecule has 0 aromatic carbocycles. The third kappa shape index (κ3) is 3.41. The maximum Gasteiger partial charge on any atom is 0.244 e. The van der Waals surface area contributed by atoms with Crippen molar-refractivity contribution < 1.29 is 5.11 Å². The van der Waals surface area contributed by atoms with Gasteiger partial charge in [0, 0.05) is 38.7 Å². The second-order valence-electron chi connectivity index (χ2n) is 4.56. The SMILES string of the molecule is C[C@@H]1CN(c2n[nH]c(CCCCO)n2)CCN1. The Morgan fingerprint density at radius 1 is 1.47 bits per heavy atom. The van der Waals surface area contributed by atoms with Gasteiger partial charge in [0.05, 0.1) is 0 Å². The fourth-order valence-electron chi connectivity index (χ4n) is 2.06. The van der Waals surface area contributed by atoms with Crippen molar-refractivity contribution in [2.75, 3.05) is 31.1 Å². The van der Waals surface area contributed by atoms with E-state index in [9.17, 15) is 0 Å². The number of anilines is 1. The zero-order valence-electron chi connectivity index (χ0n) is 10.3. The van der Waals surface area contributed by atoms with E-state index in [1.807, 2.05) is 0 Å². The van der Waals surface area contributed by atoms with Gasteiger partial charge >= 0.3 is 0 Å². The molecule has 2 heterocycles. The number of aliphatic hydroxyl groups is 1. The van der Waals surface area contributed by atoms with Crippen LogP contribution in [-0.4, -0.2) is 52.6 Å². The first-order valence-corrected chi connectivity index (χ1v) is 6.30. The van der Waals surface area contributed by atoms with Crippen LogP contribution in [-0.2, 0) is 6.42 Å². The minimum Gasteiger partial charge on any atom is -0.396 e. The highest BCUT2D eigenvalue weighted by Crippen LogP contribution is 2.10. The second kappa shape index (κ2) is 5.97. The first kappa shape index (κ1) is 12.3. The Morgan fingerprint density at radius 3 is 3.12 bits per heavy atom. The summed E-state index contributed by atoms with van der Waals surface area (Å²) in [6.07, 6.45) is 2.62. The van der Waals surface area contributed by atoms with Crippen molar-refractivity contribution in [3.63, 3.8) is 0 Å². The topological polar surface area (TPSA) is 77.1 Å². The number of aryl methyl sites for hydroxylation is 1. The Bertz CT molecular complexity index is 340. The molecule has 1 atom stereocenters. The number of nitrogens with one attached hydrogen (secondary N) is 2. The van der Waals surface area contributed by atoms with Crippen LogP contribution >= 0.6 is 0 Å². The van der Waals surface area contributed by atoms with Crippen LogP contribution in [0.5, 0.6) is 0 Å². The number of aliphatic hydroxyl groups excluding tert-OH is 1. The van der Waals surface area contributed by atoms with Crippen molar-refractivity contribution in [1.82, 2.24) is 20.5 Å². The Morgan fingerprint density at radius 2 is 2.35 bits per heavy atom. The van der Waals surface area contributed by atoms with Gasteiger partial charge in [-0.15, -0.1) is 5.10 Å². The first-order valence-electron chi connectivity index (χ1n) is 6.30. The zero-order valence-corrected chi connectivity index (χ0v) is 10.3. The lowest BCUT2D eigenvalue weighted by atomic mass is 10.2. The molecule has 0 spiro atoms. The molecular formula is C11H21N5O. The number of piperazine rings is 1. The lowest BCUT2D eigenvalue weighted by Crippen LogP contribution is -2.49. The first-order chi connectivity index (χ1) is 8.29. The standard InChI is InChI=1S/C11H21N5O/c1-9-8-16(6-5-12-9)11-13-10(14-15-11)4-2-3-7-17/h9,12,17H,2-8H2,1H3,(H,13,14,15)/t9-/m1/s1. The maximum absolute atomic E-state index is 8.72. The largest absolute Gasteiger partial charge is 0.396 e. The van der Waals surface area contributed by atoms with E-state index in [-0.39, 0.29) is 6.61 Å². The summed E-state index contributed by atoms with van der Waals surface area (Å²) in [5.41, 5.74) is 0. The fraction of sp³-hybridized carbons (Fsp3) is 0.818. The number of aromatic nitrogens is 3. The summed E-state index contributed by atoms with van der Waals surface area (Å²) in [4.78, 5) is 6.69. The average molecular weight is 239 g/mol. The van der Waals surface area contributed by atoms with Crippen molar-refractivity contribution >= 4 is 5.95 Å². The minimum atomic E-state index is 0.246. The highest BCUT2D eigenvalue weighted by atomic mass is 16.2. The molecule has 1 aliphatic heterocycles. The van der Waals surface area contributed by atoms with Crippen molar-refractivity contribution in [2.24, 2.45) is 0 Å². The molecular weight excluding hydrogens is 218 g/mol. The van der Waals surface area contributed by atoms with E-state index in [1.54, 1.807) is 0 Å². The normalized spacial score (nSPS) is 20.8. The number of aromatic amines is 1. The number of unbranched alkanes of at least 4 members (excludes halogenated alkanes) is 1. The van der Waals surface area contributed by atoms with Crippen LogP contribution in [0.2, 0.25) is 0 Å². The molecule has 3 N–H and O–H groups in total. The van der Waals surface area contributed by atoms with E-state index >= 15 is 0 Å². The number of hydrogen-bond donors (Lipinski definition) is 3. The van der Waals surface area contributed by atoms with Crippen LogP contribution in [0.15, 0.2) is 0 Å². The summed E-state index contributed by atoms with van der Waals surface area (Å²) < 4.78 is 0. The zero-order chi connectivity index (χ0) is 12.1. The van der Waals surface area contributed by atoms with Crippen LogP contribution < -0.4 is 10.2 Å². The fourth-order valence-corrected chi connectivity index (χ4v) is 2.06. The Hall–Kier alpha value is -1.14. The van der Waals surface area contributed by atoms with E-state index < -0.39 is 0 Å². The summed E-state index contributed by atoms with van der Waals surface area (Å²) in [5.74, 6) is 1.72. The average Bonchev–Trinajstić information content (AvgIpc) is 2.78. The molecule has 0 bridgehead atoms. The molecule has 1 aromatic rings. The highest BCUT2D eigenvalue weighted by Gasteiger charge is 2.18. The number of rotatable bonds is 5. The van der Waals surface area contributed by atoms with E-state index in [4.69, 9.17) is 5.11 Å². The van der Waals surface area contributed by atoms with Crippen molar-refractivity contribution in [1.29, 1.82) is 0 Å². The molecule has 6 nitrogen and oxygen atoms in total. The molecule has 2 rings (SSSR count). The number of nitrogens with zero attached hydrogens (tertiary/aromatic N) is 3. The molecule has 17 heavy (non-hydrogen) atoms. The molecule has 0 saturated carbocycles. The van der Waals surface area contributed by atoms with Gasteiger partial charge in [-0.05, 0) is 19.8 Å². The maximum atomic E-state index is 8.72. The second-order valence-corrected chi connectivity index (χ2v) is 4.56. The van der Waals surface area contributed by atoms with Crippen molar-refractivity contribution in [3.8, 4) is 0 Å². The van der Waals surface area contributed by atoms with Gasteiger partial charge in [0.1, 0.15) is 5.82 Å². The smallest absolute Gasteiger partial charge is 0.244 e. The molecule has 1 aliphatic rings. The molecule has 0 amide bonds. The van der Waals surface area contributed by atoms with Gasteiger partial charge in [0.25, 0.3) is 0 Å². The predicted octanol–water partition coefficient (Wildman–Crippen LogP) is -0.0822. The monoisotopic (exact) mass is 239 g/mol. The molecule has 1 saturated heterocycles. The van der Waals surface area contributed by atoms with Crippen molar-refractivity contribution in [3.05, 3.63) is 5.82 Å². The number of hydrogen-bond acceptors (Lipinski definition) is 5. The highest BCUT2D eigenvalue weighted by molar-refractivity contribution is 5.30. The minimum absolute atomic E-state index is 0.246. The molecule has 0 aliphatic carbocycles. The Balaban J connectivity index is 1.88. The van der Waals surface area contributed by atoms with Crippen LogP contribution in [0.4, 0.5) is 5.95 Å². The third-order valence-corrected chi connectivity index (χ3v) is 2.99. The molecule has 0 unspecified atom stereocenters. The van der Waals surface area contributed by atoms with Gasteiger partial charge < -0.3 is 15.3 Å². The summed E-state index contributed by atoms with van der Waals surface area (Å²) in [7, 11) is 0. The molecule has 1 fully saturated rings. The van der Waals surface area contributed by atoms with Crippen LogP contribution in [0.25, 0.3) is 0 Å². The lowest BCUT2D eigenvalue weighted by molar-refractivity contribution is 0.284. The lowest BCUT2D eigenvalue weighted by Gasteiger charge is -2.30. The van der Waals surface area contributed by atoms with Gasteiger partial charge in [-0.3, -0.25) is 5.10 Å². The van der Waals surface area contributed by atoms with E-state index in [0.29, 0.717) is 6.04 Å². The van der Waals surface area contributed by atoms with Gasteiger partial charge in [-0.2, -0.15) is 4.98 Å². The van der Waals surface area contributed by atoms with Crippen molar-refractivity contribution in [2.45, 2.75) is 32.2 Å². The quantitative estimate of drug-likeness (QED) is 0.626. The predicted molar refractivity (Wildman–Crippen MR) is 66.1 cm³/mol. The van der Waals surface area contributed by atoms with Gasteiger partial charge in [0.2, 0.25) is 5.95 Å². The molecule has 96 valence electrons. The van der Waals surface area contributed by atoms with E-state index in [1.165, 1.54) is 0 Å². The van der Waals surface area contributed by atoms with E-state index in [2.05, 4.69) is 32.3 Å². The summed E-state index contributed by atoms with van der Waals surface area (Å²) in [6, 6.07) is 0.486. The molecule has 0 radical (unpaired) electrons. The van der Waals surface area contributed by atoms with Crippen LogP contribution in [0.1, 0.15) is 25.6 Å². The van der Waals surface area contributed by atoms with Gasteiger partial charge in [-0.1, -0.05) is 0 Å². The van der Waals surface area contributed by atoms with Gasteiger partial charge in [0.15, 0.2) is 0 Å². The summed E-state index contributed by atoms with van der Waals surface area (Å²) >= 11 is 0.